The van der Waals surface area contributed by atoms with Crippen LogP contribution in [0.4, 0.5) is 4.79 Å². The number of hydrogen-bond donors (Lipinski definition) is 1. The average molecular weight is 221 g/mol. The van der Waals surface area contributed by atoms with Gasteiger partial charge >= 0.3 is 0 Å². The van der Waals surface area contributed by atoms with E-state index in [0.717, 1.165) is 19.3 Å². The molecule has 2 N–H and O–H groups in total. The third kappa shape index (κ3) is 2.53. The molecule has 0 heterocycles. The Balaban J connectivity index is 2.05. The summed E-state index contributed by atoms with van der Waals surface area (Å²) in [6.07, 6.45) is 4.39. The second-order valence-corrected chi connectivity index (χ2v) is 5.59. The van der Waals surface area contributed by atoms with E-state index in [1.54, 1.807) is 0 Å². The van der Waals surface area contributed by atoms with Gasteiger partial charge in [0.25, 0.3) is 5.24 Å². The second-order valence-electron chi connectivity index (χ2n) is 4.12. The molecule has 1 saturated carbocycles. The fourth-order valence-corrected chi connectivity index (χ4v) is 3.23. The summed E-state index contributed by atoms with van der Waals surface area (Å²) in [6, 6.07) is 10.3. The standard InChI is InChI=1S/C12H15NOS/c13-11(14)15-12(7-4-8-12)9-10-5-2-1-3-6-10/h1-3,5-6H,4,7-9H2,(H2,13,14). The monoisotopic (exact) mass is 221 g/mol. The van der Waals surface area contributed by atoms with E-state index in [9.17, 15) is 4.79 Å². The summed E-state index contributed by atoms with van der Waals surface area (Å²) >= 11 is 1.32. The predicted molar refractivity (Wildman–Crippen MR) is 63.9 cm³/mol. The molecule has 0 bridgehead atoms. The van der Waals surface area contributed by atoms with Crippen LogP contribution in [0.1, 0.15) is 24.8 Å². The first-order chi connectivity index (χ1) is 7.20. The van der Waals surface area contributed by atoms with Crippen LogP contribution >= 0.6 is 11.8 Å². The third-order valence-corrected chi connectivity index (χ3v) is 4.14. The molecule has 1 aromatic rings. The van der Waals surface area contributed by atoms with Gasteiger partial charge in [-0.3, -0.25) is 4.79 Å². The average Bonchev–Trinajstić information content (AvgIpc) is 2.15. The first-order valence-electron chi connectivity index (χ1n) is 5.23. The molecule has 1 amide bonds. The normalized spacial score (nSPS) is 18.1. The molecule has 0 aromatic heterocycles. The maximum atomic E-state index is 11.0. The topological polar surface area (TPSA) is 43.1 Å². The van der Waals surface area contributed by atoms with Crippen LogP contribution < -0.4 is 5.73 Å². The molecular formula is C12H15NOS. The van der Waals surface area contributed by atoms with Crippen LogP contribution in [0, 0.1) is 0 Å². The highest BCUT2D eigenvalue weighted by molar-refractivity contribution is 8.14. The highest BCUT2D eigenvalue weighted by Crippen LogP contribution is 2.46. The van der Waals surface area contributed by atoms with Crippen molar-refractivity contribution in [2.45, 2.75) is 30.4 Å². The number of rotatable bonds is 3. The highest BCUT2D eigenvalue weighted by atomic mass is 32.2. The van der Waals surface area contributed by atoms with E-state index >= 15 is 0 Å². The van der Waals surface area contributed by atoms with E-state index in [1.165, 1.54) is 23.7 Å². The van der Waals surface area contributed by atoms with E-state index < -0.39 is 0 Å². The van der Waals surface area contributed by atoms with Crippen LogP contribution in [0.5, 0.6) is 0 Å². The van der Waals surface area contributed by atoms with Crippen LogP contribution in [0.2, 0.25) is 0 Å². The lowest BCUT2D eigenvalue weighted by Crippen LogP contribution is -2.38. The van der Waals surface area contributed by atoms with Gasteiger partial charge in [-0.2, -0.15) is 0 Å². The number of benzene rings is 1. The van der Waals surface area contributed by atoms with Gasteiger partial charge < -0.3 is 5.73 Å². The van der Waals surface area contributed by atoms with Crippen molar-refractivity contribution in [3.8, 4) is 0 Å². The van der Waals surface area contributed by atoms with Gasteiger partial charge in [-0.05, 0) is 24.8 Å². The minimum Gasteiger partial charge on any atom is -0.361 e. The molecule has 80 valence electrons. The van der Waals surface area contributed by atoms with Crippen molar-refractivity contribution in [2.75, 3.05) is 0 Å². The Kier molecular flexibility index (Phi) is 3.00. The molecule has 0 radical (unpaired) electrons. The molecule has 0 aliphatic heterocycles. The van der Waals surface area contributed by atoms with Gasteiger partial charge in [-0.15, -0.1) is 0 Å². The smallest absolute Gasteiger partial charge is 0.277 e. The van der Waals surface area contributed by atoms with E-state index in [1.807, 2.05) is 18.2 Å². The van der Waals surface area contributed by atoms with Crippen LogP contribution in [0.3, 0.4) is 0 Å². The summed E-state index contributed by atoms with van der Waals surface area (Å²) in [5, 5.41) is -0.245. The predicted octanol–water partition coefficient (Wildman–Crippen LogP) is 2.96. The van der Waals surface area contributed by atoms with Crippen LogP contribution in [-0.4, -0.2) is 9.99 Å². The molecule has 2 rings (SSSR count). The van der Waals surface area contributed by atoms with Gasteiger partial charge in [0.15, 0.2) is 0 Å². The fourth-order valence-electron chi connectivity index (χ4n) is 2.07. The number of carbonyl (C=O) groups is 1. The minimum absolute atomic E-state index is 0.0905. The molecule has 1 fully saturated rings. The summed E-state index contributed by atoms with van der Waals surface area (Å²) in [5.41, 5.74) is 6.56. The highest BCUT2D eigenvalue weighted by Gasteiger charge is 2.39. The second kappa shape index (κ2) is 4.27. The molecule has 3 heteroatoms. The molecule has 0 unspecified atom stereocenters. The minimum atomic E-state index is -0.245. The van der Waals surface area contributed by atoms with Crippen molar-refractivity contribution >= 4 is 17.0 Å². The van der Waals surface area contributed by atoms with Gasteiger partial charge in [0, 0.05) is 4.75 Å². The zero-order valence-corrected chi connectivity index (χ0v) is 9.43. The molecule has 15 heavy (non-hydrogen) atoms. The molecule has 0 spiro atoms. The van der Waals surface area contributed by atoms with Gasteiger partial charge in [0.2, 0.25) is 0 Å². The van der Waals surface area contributed by atoms with Crippen molar-refractivity contribution < 1.29 is 4.79 Å². The summed E-state index contributed by atoms with van der Waals surface area (Å²) in [6.45, 7) is 0. The summed E-state index contributed by atoms with van der Waals surface area (Å²) < 4.78 is 0.0905. The largest absolute Gasteiger partial charge is 0.361 e. The number of amides is 1. The zero-order chi connectivity index (χ0) is 10.7. The number of primary amides is 1. The van der Waals surface area contributed by atoms with Crippen LogP contribution in [0.15, 0.2) is 30.3 Å². The Morgan fingerprint density at radius 2 is 2.00 bits per heavy atom. The Morgan fingerprint density at radius 3 is 2.47 bits per heavy atom. The SMILES string of the molecule is NC(=O)SC1(Cc2ccccc2)CCC1. The van der Waals surface area contributed by atoms with E-state index in [-0.39, 0.29) is 9.99 Å². The first-order valence-corrected chi connectivity index (χ1v) is 6.04. The Morgan fingerprint density at radius 1 is 1.33 bits per heavy atom. The van der Waals surface area contributed by atoms with Gasteiger partial charge in [0.05, 0.1) is 0 Å². The third-order valence-electron chi connectivity index (χ3n) is 2.95. The lowest BCUT2D eigenvalue weighted by molar-refractivity contribution is 0.266. The van der Waals surface area contributed by atoms with Gasteiger partial charge in [-0.1, -0.05) is 48.5 Å². The lowest BCUT2D eigenvalue weighted by Gasteiger charge is -2.40. The van der Waals surface area contributed by atoms with Crippen molar-refractivity contribution in [3.63, 3.8) is 0 Å². The molecule has 0 atom stereocenters. The Labute approximate surface area is 94.2 Å². The Hall–Kier alpha value is -0.960. The zero-order valence-electron chi connectivity index (χ0n) is 8.61. The van der Waals surface area contributed by atoms with Crippen molar-refractivity contribution in [3.05, 3.63) is 35.9 Å². The van der Waals surface area contributed by atoms with Gasteiger partial charge in [-0.25, -0.2) is 0 Å². The maximum Gasteiger partial charge on any atom is 0.277 e. The summed E-state index contributed by atoms with van der Waals surface area (Å²) in [4.78, 5) is 11.0. The number of carbonyl (C=O) groups excluding carboxylic acids is 1. The van der Waals surface area contributed by atoms with E-state index in [2.05, 4.69) is 12.1 Å². The molecule has 1 aromatic carbocycles. The maximum absolute atomic E-state index is 11.0. The van der Waals surface area contributed by atoms with Crippen molar-refractivity contribution in [1.29, 1.82) is 0 Å². The van der Waals surface area contributed by atoms with E-state index in [4.69, 9.17) is 5.73 Å². The summed E-state index contributed by atoms with van der Waals surface area (Å²) in [5.74, 6) is 0. The fraction of sp³-hybridized carbons (Fsp3) is 0.417. The number of thioether (sulfide) groups is 1. The number of hydrogen-bond acceptors (Lipinski definition) is 2. The van der Waals surface area contributed by atoms with E-state index in [0.29, 0.717) is 0 Å². The molecule has 0 saturated heterocycles. The first kappa shape index (κ1) is 10.6. The van der Waals surface area contributed by atoms with Crippen LogP contribution in [0.25, 0.3) is 0 Å². The summed E-state index contributed by atoms with van der Waals surface area (Å²) in [7, 11) is 0. The van der Waals surface area contributed by atoms with Crippen molar-refractivity contribution in [2.24, 2.45) is 5.73 Å². The Bertz CT molecular complexity index is 346. The molecular weight excluding hydrogens is 206 g/mol. The molecule has 1 aliphatic rings. The molecule has 1 aliphatic carbocycles. The van der Waals surface area contributed by atoms with Crippen molar-refractivity contribution in [1.82, 2.24) is 0 Å². The molecule has 2 nitrogen and oxygen atoms in total. The van der Waals surface area contributed by atoms with Crippen LogP contribution in [-0.2, 0) is 6.42 Å². The quantitative estimate of drug-likeness (QED) is 0.852. The van der Waals surface area contributed by atoms with Gasteiger partial charge in [0.1, 0.15) is 0 Å². The lowest BCUT2D eigenvalue weighted by atomic mass is 9.80. The number of nitrogens with two attached hydrogens (primary N) is 1.